The Balaban J connectivity index is 2.17. The number of carbonyl (C=O) groups is 1. The highest BCUT2D eigenvalue weighted by atomic mass is 16.1. The van der Waals surface area contributed by atoms with E-state index >= 15 is 0 Å². The monoisotopic (exact) mass is 140 g/mol. The number of rotatable bonds is 2. The molecule has 1 N–H and O–H groups in total. The maximum absolute atomic E-state index is 10.8. The van der Waals surface area contributed by atoms with Gasteiger partial charge in [-0.1, -0.05) is 12.8 Å². The molecule has 2 heteroatoms. The van der Waals surface area contributed by atoms with Gasteiger partial charge in [-0.2, -0.15) is 0 Å². The van der Waals surface area contributed by atoms with Gasteiger partial charge in [-0.05, 0) is 19.8 Å². The molecule has 1 aliphatic rings. The van der Waals surface area contributed by atoms with Crippen molar-refractivity contribution in [2.75, 3.05) is 0 Å². The van der Waals surface area contributed by atoms with Crippen LogP contribution in [0, 0.1) is 6.92 Å². The Hall–Kier alpha value is -0.530. The van der Waals surface area contributed by atoms with Crippen molar-refractivity contribution in [1.29, 1.82) is 0 Å². The van der Waals surface area contributed by atoms with Crippen LogP contribution in [-0.2, 0) is 4.79 Å². The summed E-state index contributed by atoms with van der Waals surface area (Å²) in [5, 5.41) is 2.93. The summed E-state index contributed by atoms with van der Waals surface area (Å²) in [5.74, 6) is 0.0897. The quantitative estimate of drug-likeness (QED) is 0.615. The molecular formula is C8H14NO. The first-order chi connectivity index (χ1) is 4.83. The van der Waals surface area contributed by atoms with Gasteiger partial charge in [0.15, 0.2) is 0 Å². The predicted octanol–water partition coefficient (Wildman–Crippen LogP) is 1.27. The van der Waals surface area contributed by atoms with Gasteiger partial charge in [0.2, 0.25) is 5.91 Å². The molecule has 1 amide bonds. The Kier molecular flexibility index (Phi) is 2.72. The van der Waals surface area contributed by atoms with Gasteiger partial charge in [0.05, 0.1) is 0 Å². The molecule has 1 radical (unpaired) electrons. The van der Waals surface area contributed by atoms with E-state index in [0.717, 1.165) is 12.8 Å². The highest BCUT2D eigenvalue weighted by Crippen LogP contribution is 2.17. The van der Waals surface area contributed by atoms with Gasteiger partial charge in [-0.3, -0.25) is 4.79 Å². The van der Waals surface area contributed by atoms with Crippen LogP contribution in [0.1, 0.15) is 32.1 Å². The summed E-state index contributed by atoms with van der Waals surface area (Å²) >= 11 is 0. The van der Waals surface area contributed by atoms with Crippen molar-refractivity contribution < 1.29 is 4.79 Å². The van der Waals surface area contributed by atoms with Gasteiger partial charge >= 0.3 is 0 Å². The fraction of sp³-hybridized carbons (Fsp3) is 0.750. The lowest BCUT2D eigenvalue weighted by molar-refractivity contribution is -0.120. The molecule has 0 aromatic carbocycles. The second-order valence-electron chi connectivity index (χ2n) is 2.80. The van der Waals surface area contributed by atoms with Crippen molar-refractivity contribution in [2.24, 2.45) is 0 Å². The summed E-state index contributed by atoms with van der Waals surface area (Å²) in [4.78, 5) is 10.8. The van der Waals surface area contributed by atoms with E-state index in [4.69, 9.17) is 0 Å². The Morgan fingerprint density at radius 3 is 2.60 bits per heavy atom. The van der Waals surface area contributed by atoms with E-state index in [-0.39, 0.29) is 5.91 Å². The maximum atomic E-state index is 10.8. The zero-order valence-electron chi connectivity index (χ0n) is 6.23. The summed E-state index contributed by atoms with van der Waals surface area (Å²) in [6.07, 6.45) is 5.22. The molecule has 2 nitrogen and oxygen atoms in total. The van der Waals surface area contributed by atoms with E-state index in [0.29, 0.717) is 12.5 Å². The summed E-state index contributed by atoms with van der Waals surface area (Å²) in [6.45, 7) is 3.52. The summed E-state index contributed by atoms with van der Waals surface area (Å²) in [5.41, 5.74) is 0. The van der Waals surface area contributed by atoms with Crippen LogP contribution >= 0.6 is 0 Å². The molecule has 0 unspecified atom stereocenters. The first kappa shape index (κ1) is 7.58. The minimum Gasteiger partial charge on any atom is -0.353 e. The molecule has 57 valence electrons. The maximum Gasteiger partial charge on any atom is 0.220 e. The Morgan fingerprint density at radius 1 is 1.50 bits per heavy atom. The Morgan fingerprint density at radius 2 is 2.10 bits per heavy atom. The minimum absolute atomic E-state index is 0.0897. The second kappa shape index (κ2) is 3.59. The van der Waals surface area contributed by atoms with Crippen molar-refractivity contribution in [3.05, 3.63) is 6.92 Å². The largest absolute Gasteiger partial charge is 0.353 e. The van der Waals surface area contributed by atoms with Crippen molar-refractivity contribution in [3.8, 4) is 0 Å². The van der Waals surface area contributed by atoms with E-state index in [1.807, 2.05) is 0 Å². The highest BCUT2D eigenvalue weighted by molar-refractivity contribution is 5.76. The molecule has 0 aromatic rings. The highest BCUT2D eigenvalue weighted by Gasteiger charge is 2.15. The van der Waals surface area contributed by atoms with Gasteiger partial charge in [0, 0.05) is 12.5 Å². The fourth-order valence-electron chi connectivity index (χ4n) is 1.37. The molecule has 10 heavy (non-hydrogen) atoms. The number of hydrogen-bond acceptors (Lipinski definition) is 1. The normalized spacial score (nSPS) is 19.3. The minimum atomic E-state index is 0.0897. The lowest BCUT2D eigenvalue weighted by atomic mass is 10.2. The number of amides is 1. The number of hydrogen-bond donors (Lipinski definition) is 1. The van der Waals surface area contributed by atoms with Gasteiger partial charge in [-0.15, -0.1) is 0 Å². The molecular weight excluding hydrogens is 126 g/mol. The van der Waals surface area contributed by atoms with E-state index in [1.165, 1.54) is 12.8 Å². The van der Waals surface area contributed by atoms with Gasteiger partial charge in [-0.25, -0.2) is 0 Å². The van der Waals surface area contributed by atoms with Crippen LogP contribution in [0.15, 0.2) is 0 Å². The predicted molar refractivity (Wildman–Crippen MR) is 40.4 cm³/mol. The fourth-order valence-corrected chi connectivity index (χ4v) is 1.37. The lowest BCUT2D eigenvalue weighted by Gasteiger charge is -2.09. The molecule has 1 aliphatic carbocycles. The SMILES string of the molecule is [CH2]CC(=O)NC1CCCC1. The average molecular weight is 140 g/mol. The topological polar surface area (TPSA) is 29.1 Å². The molecule has 0 aromatic heterocycles. The average Bonchev–Trinajstić information content (AvgIpc) is 2.40. The van der Waals surface area contributed by atoms with Crippen molar-refractivity contribution >= 4 is 5.91 Å². The molecule has 1 fully saturated rings. The Labute approximate surface area is 62.0 Å². The van der Waals surface area contributed by atoms with Crippen LogP contribution < -0.4 is 5.32 Å². The Bertz CT molecular complexity index is 116. The standard InChI is InChI=1S/C8H14NO/c1-2-8(10)9-7-5-3-4-6-7/h7H,1-6H2,(H,9,10). The molecule has 0 aliphatic heterocycles. The third kappa shape index (κ3) is 2.01. The molecule has 0 heterocycles. The second-order valence-corrected chi connectivity index (χ2v) is 2.80. The molecule has 0 atom stereocenters. The zero-order chi connectivity index (χ0) is 7.40. The third-order valence-corrected chi connectivity index (χ3v) is 1.95. The number of nitrogens with one attached hydrogen (secondary N) is 1. The van der Waals surface area contributed by atoms with Crippen LogP contribution in [0.5, 0.6) is 0 Å². The number of carbonyl (C=O) groups excluding carboxylic acids is 1. The van der Waals surface area contributed by atoms with E-state index in [2.05, 4.69) is 12.2 Å². The summed E-state index contributed by atoms with van der Waals surface area (Å²) in [6, 6.07) is 0.453. The van der Waals surface area contributed by atoms with Crippen molar-refractivity contribution in [1.82, 2.24) is 5.32 Å². The van der Waals surface area contributed by atoms with Crippen LogP contribution in [-0.4, -0.2) is 11.9 Å². The molecule has 1 rings (SSSR count). The van der Waals surface area contributed by atoms with Crippen LogP contribution in [0.3, 0.4) is 0 Å². The first-order valence-electron chi connectivity index (χ1n) is 3.91. The van der Waals surface area contributed by atoms with E-state index in [1.54, 1.807) is 0 Å². The van der Waals surface area contributed by atoms with E-state index < -0.39 is 0 Å². The smallest absolute Gasteiger partial charge is 0.220 e. The van der Waals surface area contributed by atoms with Crippen LogP contribution in [0.2, 0.25) is 0 Å². The molecule has 1 saturated carbocycles. The van der Waals surface area contributed by atoms with Gasteiger partial charge < -0.3 is 5.32 Å². The molecule has 0 bridgehead atoms. The first-order valence-corrected chi connectivity index (χ1v) is 3.91. The third-order valence-electron chi connectivity index (χ3n) is 1.95. The summed E-state index contributed by atoms with van der Waals surface area (Å²) in [7, 11) is 0. The van der Waals surface area contributed by atoms with E-state index in [9.17, 15) is 4.79 Å². The van der Waals surface area contributed by atoms with Crippen molar-refractivity contribution in [2.45, 2.75) is 38.1 Å². The summed E-state index contributed by atoms with van der Waals surface area (Å²) < 4.78 is 0. The molecule has 0 saturated heterocycles. The molecule has 0 spiro atoms. The van der Waals surface area contributed by atoms with Gasteiger partial charge in [0.1, 0.15) is 0 Å². The lowest BCUT2D eigenvalue weighted by Crippen LogP contribution is -2.31. The van der Waals surface area contributed by atoms with Crippen LogP contribution in [0.25, 0.3) is 0 Å². The van der Waals surface area contributed by atoms with Crippen molar-refractivity contribution in [3.63, 3.8) is 0 Å². The zero-order valence-corrected chi connectivity index (χ0v) is 6.23. The van der Waals surface area contributed by atoms with Gasteiger partial charge in [0.25, 0.3) is 0 Å². The van der Waals surface area contributed by atoms with Crippen LogP contribution in [0.4, 0.5) is 0 Å².